The lowest BCUT2D eigenvalue weighted by Crippen LogP contribution is -2.25. The summed E-state index contributed by atoms with van der Waals surface area (Å²) in [5, 5.41) is 1.94. The number of hydrogen-bond acceptors (Lipinski definition) is 4. The molecule has 36 valence electrons. The number of nitrogens with two attached hydrogens (primary N) is 2. The zero-order valence-corrected chi connectivity index (χ0v) is 3.89. The van der Waals surface area contributed by atoms with Crippen LogP contribution in [-0.2, 0) is 0 Å². The highest BCUT2D eigenvalue weighted by atomic mass is 31.2. The van der Waals surface area contributed by atoms with Crippen LogP contribution < -0.4 is 16.6 Å². The van der Waals surface area contributed by atoms with Crippen molar-refractivity contribution in [1.29, 1.82) is 0 Å². The summed E-state index contributed by atoms with van der Waals surface area (Å²) in [4.78, 5) is 11.1. The van der Waals surface area contributed by atoms with Gasteiger partial charge in [-0.3, -0.25) is 5.84 Å². The fourth-order valence-corrected chi connectivity index (χ4v) is 0.100. The molecule has 1 unspecified atom stereocenters. The standard InChI is InChI=1S/H5N4OP/c1-3-6(5)4-2/h1,4-5H,2H2/p+1. The molecule has 0 aliphatic rings. The van der Waals surface area contributed by atoms with Crippen molar-refractivity contribution in [3.8, 4) is 0 Å². The summed E-state index contributed by atoms with van der Waals surface area (Å²) in [6.07, 6.45) is 0. The van der Waals surface area contributed by atoms with Gasteiger partial charge in [0.15, 0.2) is 0 Å². The van der Waals surface area contributed by atoms with E-state index in [0.29, 0.717) is 0 Å². The van der Waals surface area contributed by atoms with Crippen LogP contribution in [0.3, 0.4) is 0 Å². The molecule has 6 N–H and O–H groups in total. The highest BCUT2D eigenvalue weighted by Gasteiger charge is 1.95. The van der Waals surface area contributed by atoms with Gasteiger partial charge in [-0.25, -0.2) is 0 Å². The van der Waals surface area contributed by atoms with E-state index in [4.69, 9.17) is 4.89 Å². The Hall–Kier alpha value is -0.0900. The molecule has 0 amide bonds. The van der Waals surface area contributed by atoms with Gasteiger partial charge >= 0.3 is 8.45 Å². The fraction of sp³-hybridized carbons (Fsp3) is 0. The quantitative estimate of drug-likeness (QED) is 0.141. The highest BCUT2D eigenvalue weighted by Crippen LogP contribution is 2.19. The SMILES string of the molecule is NNP(O)N=[NH2+]. The molecule has 0 aliphatic heterocycles. The fourth-order valence-electron chi connectivity index (χ4n) is 0.0333. The number of nitrogens with zero attached hydrogens (tertiary/aromatic N) is 1. The van der Waals surface area contributed by atoms with Crippen molar-refractivity contribution in [2.75, 3.05) is 0 Å². The molecule has 0 bridgehead atoms. The van der Waals surface area contributed by atoms with Crippen LogP contribution in [0.15, 0.2) is 4.88 Å². The first-order valence-corrected chi connectivity index (χ1v) is 2.42. The molecule has 0 fully saturated rings. The minimum Gasteiger partial charge on any atom is -0.337 e. The number of hydrazine groups is 1. The van der Waals surface area contributed by atoms with E-state index in [-0.39, 0.29) is 0 Å². The first-order valence-electron chi connectivity index (χ1n) is 1.17. The van der Waals surface area contributed by atoms with E-state index >= 15 is 0 Å². The van der Waals surface area contributed by atoms with Gasteiger partial charge in [0.05, 0.1) is 0 Å². The van der Waals surface area contributed by atoms with Crippen LogP contribution in [0, 0.1) is 0 Å². The van der Waals surface area contributed by atoms with Crippen LogP contribution in [0.5, 0.6) is 0 Å². The lowest BCUT2D eigenvalue weighted by molar-refractivity contribution is -0.204. The van der Waals surface area contributed by atoms with Crippen molar-refractivity contribution in [2.45, 2.75) is 0 Å². The van der Waals surface area contributed by atoms with Gasteiger partial charge < -0.3 is 4.89 Å². The third kappa shape index (κ3) is 2.17. The summed E-state index contributed by atoms with van der Waals surface area (Å²) in [6.45, 7) is 0. The average molecular weight is 109 g/mol. The summed E-state index contributed by atoms with van der Waals surface area (Å²) < 4.78 is 0. The van der Waals surface area contributed by atoms with Crippen molar-refractivity contribution in [3.05, 3.63) is 0 Å². The van der Waals surface area contributed by atoms with E-state index in [9.17, 15) is 0 Å². The summed E-state index contributed by atoms with van der Waals surface area (Å²) in [7, 11) is -1.65. The first kappa shape index (κ1) is 5.91. The van der Waals surface area contributed by atoms with Gasteiger partial charge in [0.25, 0.3) is 0 Å². The van der Waals surface area contributed by atoms with E-state index in [0.717, 1.165) is 0 Å². The van der Waals surface area contributed by atoms with Crippen LogP contribution in [0.4, 0.5) is 0 Å². The molecule has 0 aromatic carbocycles. The van der Waals surface area contributed by atoms with E-state index in [2.05, 4.69) is 16.3 Å². The summed E-state index contributed by atoms with van der Waals surface area (Å²) in [5.74, 6) is 4.64. The highest BCUT2D eigenvalue weighted by molar-refractivity contribution is 7.47. The molecule has 0 rings (SSSR count). The topological polar surface area (TPSA) is 96.2 Å². The maximum Gasteiger partial charge on any atom is 0.317 e. The smallest absolute Gasteiger partial charge is 0.317 e. The second-order valence-electron chi connectivity index (χ2n) is 0.534. The molecule has 1 atom stereocenters. The molecule has 0 spiro atoms. The Balaban J connectivity index is 2.96. The maximum atomic E-state index is 8.20. The summed E-state index contributed by atoms with van der Waals surface area (Å²) in [5.41, 5.74) is 4.54. The number of rotatable bonds is 2. The predicted molar refractivity (Wildman–Crippen MR) is 20.8 cm³/mol. The Morgan fingerprint density at radius 1 is 2.00 bits per heavy atom. The Bertz CT molecular complexity index is 44.8. The monoisotopic (exact) mass is 109 g/mol. The Morgan fingerprint density at radius 2 is 2.50 bits per heavy atom. The van der Waals surface area contributed by atoms with Crippen LogP contribution in [-0.4, -0.2) is 4.89 Å². The Labute approximate surface area is 36.0 Å². The molecule has 0 saturated carbocycles. The molecule has 0 aliphatic carbocycles. The summed E-state index contributed by atoms with van der Waals surface area (Å²) >= 11 is 0. The second-order valence-corrected chi connectivity index (χ2v) is 1.60. The predicted octanol–water partition coefficient (Wildman–Crippen LogP) is -2.12. The van der Waals surface area contributed by atoms with Crippen molar-refractivity contribution in [3.63, 3.8) is 0 Å². The molecule has 5 nitrogen and oxygen atoms in total. The molecule has 0 heterocycles. The molecular formula is H6N4OP+. The Kier molecular flexibility index (Phi) is 3.07. The molecule has 6 heteroatoms. The lowest BCUT2D eigenvalue weighted by Gasteiger charge is -1.88. The van der Waals surface area contributed by atoms with Crippen molar-refractivity contribution in [1.82, 2.24) is 5.20 Å². The third-order valence-electron chi connectivity index (χ3n) is 0.225. The molecule has 0 saturated heterocycles. The van der Waals surface area contributed by atoms with Gasteiger partial charge in [-0.05, 0) is 0 Å². The Morgan fingerprint density at radius 3 is 2.50 bits per heavy atom. The van der Waals surface area contributed by atoms with Crippen LogP contribution in [0.1, 0.15) is 0 Å². The van der Waals surface area contributed by atoms with E-state index in [1.54, 1.807) is 0 Å². The van der Waals surface area contributed by atoms with Gasteiger partial charge in [0.2, 0.25) is 0 Å². The molecule has 0 aromatic heterocycles. The number of nitrogens with one attached hydrogen (secondary N) is 1. The second kappa shape index (κ2) is 3.11. The van der Waals surface area contributed by atoms with Gasteiger partial charge in [-0.1, -0.05) is 0 Å². The van der Waals surface area contributed by atoms with Crippen LogP contribution in [0.25, 0.3) is 0 Å². The minimum absolute atomic E-state index is 1.65. The maximum absolute atomic E-state index is 8.20. The van der Waals surface area contributed by atoms with E-state index < -0.39 is 8.45 Å². The number of hydrogen-bond donors (Lipinski definition) is 4. The lowest BCUT2D eigenvalue weighted by atomic mass is 13.0. The van der Waals surface area contributed by atoms with Gasteiger partial charge in [0.1, 0.15) is 0 Å². The zero-order chi connectivity index (χ0) is 4.99. The van der Waals surface area contributed by atoms with Crippen molar-refractivity contribution < 1.29 is 10.4 Å². The van der Waals surface area contributed by atoms with Gasteiger partial charge in [0, 0.05) is 4.88 Å². The van der Waals surface area contributed by atoms with Crippen LogP contribution >= 0.6 is 8.45 Å². The molecule has 0 radical (unpaired) electrons. The third-order valence-corrected chi connectivity index (χ3v) is 0.675. The molecular weight excluding hydrogens is 103 g/mol. The zero-order valence-electron chi connectivity index (χ0n) is 3.00. The van der Waals surface area contributed by atoms with Gasteiger partial charge in [-0.15, -0.1) is 5.53 Å². The van der Waals surface area contributed by atoms with E-state index in [1.807, 2.05) is 5.20 Å². The largest absolute Gasteiger partial charge is 0.337 e. The average Bonchev–Trinajstić information content (AvgIpc) is 1.65. The molecule has 0 aromatic rings. The molecule has 6 heavy (non-hydrogen) atoms. The van der Waals surface area contributed by atoms with Crippen LogP contribution in [0.2, 0.25) is 0 Å². The van der Waals surface area contributed by atoms with Gasteiger partial charge in [-0.2, -0.15) is 5.20 Å². The van der Waals surface area contributed by atoms with E-state index in [1.165, 1.54) is 0 Å². The van der Waals surface area contributed by atoms with Crippen molar-refractivity contribution in [2.24, 2.45) is 10.7 Å². The van der Waals surface area contributed by atoms with Crippen molar-refractivity contribution >= 4 is 8.45 Å². The summed E-state index contributed by atoms with van der Waals surface area (Å²) in [6, 6.07) is 0. The minimum atomic E-state index is -1.65. The first-order chi connectivity index (χ1) is 2.81. The normalized spacial score (nSPS) is 13.7.